The number of amides is 1. The molecule has 1 aromatic carbocycles. The second kappa shape index (κ2) is 5.59. The van der Waals surface area contributed by atoms with Crippen LogP contribution < -0.4 is 5.32 Å². The summed E-state index contributed by atoms with van der Waals surface area (Å²) in [6.45, 7) is 0. The third-order valence-corrected chi connectivity index (χ3v) is 3.06. The summed E-state index contributed by atoms with van der Waals surface area (Å²) in [5.74, 6) is -3.90. The number of aryl methyl sites for hydroxylation is 1. The Balaban J connectivity index is 2.28. The number of aromatic nitrogens is 1. The Bertz CT molecular complexity index is 673. The number of benzene rings is 1. The van der Waals surface area contributed by atoms with Gasteiger partial charge in [-0.1, -0.05) is 0 Å². The van der Waals surface area contributed by atoms with Gasteiger partial charge < -0.3 is 14.4 Å². The van der Waals surface area contributed by atoms with Gasteiger partial charge in [-0.25, -0.2) is 13.2 Å². The molecule has 0 bridgehead atoms. The Hall–Kier alpha value is -1.93. The van der Waals surface area contributed by atoms with Crippen molar-refractivity contribution in [2.24, 2.45) is 7.05 Å². The molecule has 0 saturated carbocycles. The van der Waals surface area contributed by atoms with Crippen LogP contribution in [0.4, 0.5) is 18.9 Å². The van der Waals surface area contributed by atoms with Crippen LogP contribution in [0.1, 0.15) is 10.5 Å². The number of anilines is 1. The molecule has 0 aliphatic carbocycles. The minimum absolute atomic E-state index is 0.00676. The molecule has 0 saturated heterocycles. The van der Waals surface area contributed by atoms with Gasteiger partial charge >= 0.3 is 0 Å². The predicted octanol–water partition coefficient (Wildman–Crippen LogP) is 3.26. The molecule has 2 N–H and O–H groups in total. The molecule has 2 aromatic rings. The number of rotatable bonds is 3. The van der Waals surface area contributed by atoms with Gasteiger partial charge in [0.1, 0.15) is 5.69 Å². The molecule has 0 fully saturated rings. The predicted molar refractivity (Wildman–Crippen MR) is 68.2 cm³/mol. The van der Waals surface area contributed by atoms with Crippen LogP contribution in [-0.4, -0.2) is 15.0 Å². The summed E-state index contributed by atoms with van der Waals surface area (Å²) in [7, 11) is 1.42. The van der Waals surface area contributed by atoms with E-state index < -0.39 is 23.4 Å². The SMILES string of the molecule is Cn1cc(SO)c(F)c1C(=O)Nc1ccc(F)c(F)c1. The quantitative estimate of drug-likeness (QED) is 0.856. The van der Waals surface area contributed by atoms with E-state index in [9.17, 15) is 18.0 Å². The lowest BCUT2D eigenvalue weighted by Gasteiger charge is -2.06. The molecule has 1 heterocycles. The average molecular weight is 302 g/mol. The maximum Gasteiger partial charge on any atom is 0.275 e. The van der Waals surface area contributed by atoms with E-state index in [0.29, 0.717) is 0 Å². The summed E-state index contributed by atoms with van der Waals surface area (Å²) in [5, 5.41) is 2.25. The van der Waals surface area contributed by atoms with Crippen molar-refractivity contribution in [1.82, 2.24) is 4.57 Å². The Kier molecular flexibility index (Phi) is 4.05. The van der Waals surface area contributed by atoms with E-state index in [1.807, 2.05) is 0 Å². The Morgan fingerprint density at radius 3 is 2.55 bits per heavy atom. The van der Waals surface area contributed by atoms with Gasteiger partial charge in [-0.15, -0.1) is 0 Å². The van der Waals surface area contributed by atoms with Crippen LogP contribution in [0.3, 0.4) is 0 Å². The van der Waals surface area contributed by atoms with E-state index in [1.165, 1.54) is 17.8 Å². The normalized spacial score (nSPS) is 10.7. The van der Waals surface area contributed by atoms with Gasteiger partial charge in [-0.2, -0.15) is 0 Å². The summed E-state index contributed by atoms with van der Waals surface area (Å²) < 4.78 is 49.6. The highest BCUT2D eigenvalue weighted by atomic mass is 32.2. The van der Waals surface area contributed by atoms with Crippen molar-refractivity contribution in [3.05, 3.63) is 47.5 Å². The molecule has 106 valence electrons. The molecule has 0 unspecified atom stereocenters. The molecule has 0 aliphatic rings. The van der Waals surface area contributed by atoms with Crippen molar-refractivity contribution < 1.29 is 22.5 Å². The van der Waals surface area contributed by atoms with Crippen molar-refractivity contribution in [3.63, 3.8) is 0 Å². The molecule has 8 heteroatoms. The monoisotopic (exact) mass is 302 g/mol. The number of carbonyl (C=O) groups excluding carboxylic acids is 1. The highest BCUT2D eigenvalue weighted by Crippen LogP contribution is 2.24. The lowest BCUT2D eigenvalue weighted by atomic mass is 10.3. The topological polar surface area (TPSA) is 54.3 Å². The van der Waals surface area contributed by atoms with E-state index in [2.05, 4.69) is 5.32 Å². The summed E-state index contributed by atoms with van der Waals surface area (Å²) in [5.41, 5.74) is -0.334. The molecule has 0 radical (unpaired) electrons. The molecule has 1 amide bonds. The van der Waals surface area contributed by atoms with Crippen LogP contribution in [0.5, 0.6) is 0 Å². The molecule has 0 aliphatic heterocycles. The Labute approximate surface area is 116 Å². The fourth-order valence-electron chi connectivity index (χ4n) is 1.66. The number of carbonyl (C=O) groups is 1. The first kappa shape index (κ1) is 14.5. The maximum atomic E-state index is 13.8. The number of nitrogens with zero attached hydrogens (tertiary/aromatic N) is 1. The van der Waals surface area contributed by atoms with E-state index >= 15 is 0 Å². The van der Waals surface area contributed by atoms with Gasteiger partial charge in [-0.05, 0) is 12.1 Å². The van der Waals surface area contributed by atoms with Crippen LogP contribution in [0.25, 0.3) is 0 Å². The summed E-state index contributed by atoms with van der Waals surface area (Å²) >= 11 is 0.173. The smallest absolute Gasteiger partial charge is 0.275 e. The molecular formula is C12H9F3N2O2S. The largest absolute Gasteiger partial charge is 0.343 e. The second-order valence-electron chi connectivity index (χ2n) is 3.94. The molecule has 2 rings (SSSR count). The summed E-state index contributed by atoms with van der Waals surface area (Å²) in [6, 6.07) is 2.79. The lowest BCUT2D eigenvalue weighted by molar-refractivity contribution is 0.101. The Morgan fingerprint density at radius 1 is 1.30 bits per heavy atom. The maximum absolute atomic E-state index is 13.8. The first-order valence-electron chi connectivity index (χ1n) is 5.36. The molecule has 20 heavy (non-hydrogen) atoms. The molecule has 4 nitrogen and oxygen atoms in total. The van der Waals surface area contributed by atoms with Crippen LogP contribution in [-0.2, 0) is 7.05 Å². The highest BCUT2D eigenvalue weighted by Gasteiger charge is 2.21. The van der Waals surface area contributed by atoms with Crippen molar-refractivity contribution in [2.45, 2.75) is 4.90 Å². The van der Waals surface area contributed by atoms with Crippen molar-refractivity contribution in [3.8, 4) is 0 Å². The lowest BCUT2D eigenvalue weighted by Crippen LogP contribution is -2.17. The minimum atomic E-state index is -1.12. The third-order valence-electron chi connectivity index (χ3n) is 2.58. The zero-order valence-corrected chi connectivity index (χ0v) is 11.0. The van der Waals surface area contributed by atoms with Crippen LogP contribution in [0.2, 0.25) is 0 Å². The third kappa shape index (κ3) is 2.66. The minimum Gasteiger partial charge on any atom is -0.343 e. The van der Waals surface area contributed by atoms with Crippen molar-refractivity contribution in [2.75, 3.05) is 5.32 Å². The van der Waals surface area contributed by atoms with E-state index in [1.54, 1.807) is 0 Å². The van der Waals surface area contributed by atoms with Crippen LogP contribution in [0.15, 0.2) is 29.3 Å². The Morgan fingerprint density at radius 2 is 2.00 bits per heavy atom. The van der Waals surface area contributed by atoms with Crippen LogP contribution in [0, 0.1) is 17.5 Å². The zero-order valence-electron chi connectivity index (χ0n) is 10.2. The standard InChI is InChI=1S/C12H9F3N2O2S/c1-17-5-9(20-19)10(15)11(17)12(18)16-6-2-3-7(13)8(14)4-6/h2-5,19H,1H3,(H,16,18). The van der Waals surface area contributed by atoms with Gasteiger partial charge in [0.15, 0.2) is 17.5 Å². The summed E-state index contributed by atoms with van der Waals surface area (Å²) in [4.78, 5) is 11.8. The van der Waals surface area contributed by atoms with E-state index in [4.69, 9.17) is 4.55 Å². The van der Waals surface area contributed by atoms with Crippen molar-refractivity contribution in [1.29, 1.82) is 0 Å². The number of hydrogen-bond acceptors (Lipinski definition) is 3. The molecule has 0 atom stereocenters. The first-order chi connectivity index (χ1) is 9.43. The van der Waals surface area contributed by atoms with Gasteiger partial charge in [-0.3, -0.25) is 4.79 Å². The number of nitrogens with one attached hydrogen (secondary N) is 1. The highest BCUT2D eigenvalue weighted by molar-refractivity contribution is 7.93. The van der Waals surface area contributed by atoms with Gasteiger partial charge in [0.05, 0.1) is 4.90 Å². The fourth-order valence-corrected chi connectivity index (χ4v) is 2.04. The number of hydrogen-bond donors (Lipinski definition) is 2. The molecule has 0 spiro atoms. The van der Waals surface area contributed by atoms with E-state index in [-0.39, 0.29) is 28.3 Å². The first-order valence-corrected chi connectivity index (χ1v) is 6.14. The molecule has 1 aromatic heterocycles. The van der Waals surface area contributed by atoms with Crippen molar-refractivity contribution >= 4 is 23.6 Å². The molecular weight excluding hydrogens is 293 g/mol. The summed E-state index contributed by atoms with van der Waals surface area (Å²) in [6.07, 6.45) is 1.24. The zero-order chi connectivity index (χ0) is 14.9. The van der Waals surface area contributed by atoms with Gasteiger partial charge in [0.25, 0.3) is 5.91 Å². The number of halogens is 3. The van der Waals surface area contributed by atoms with Gasteiger partial charge in [0.2, 0.25) is 0 Å². The fraction of sp³-hybridized carbons (Fsp3) is 0.0833. The van der Waals surface area contributed by atoms with E-state index in [0.717, 1.165) is 18.2 Å². The average Bonchev–Trinajstić information content (AvgIpc) is 2.68. The van der Waals surface area contributed by atoms with Crippen LogP contribution >= 0.6 is 12.0 Å². The second-order valence-corrected chi connectivity index (χ2v) is 4.56. The van der Waals surface area contributed by atoms with Gasteiger partial charge in [0, 0.05) is 37.0 Å².